The number of aromatic nitrogens is 1. The molecule has 3 aromatic rings. The van der Waals surface area contributed by atoms with Crippen LogP contribution in [0.5, 0.6) is 5.75 Å². The first kappa shape index (κ1) is 21.0. The Morgan fingerprint density at radius 1 is 1.17 bits per heavy atom. The molecule has 0 spiro atoms. The Morgan fingerprint density at radius 3 is 2.93 bits per heavy atom. The first-order valence-corrected chi connectivity index (χ1v) is 11.5. The van der Waals surface area contributed by atoms with Crippen molar-refractivity contribution in [2.45, 2.75) is 32.0 Å². The van der Waals surface area contributed by atoms with Crippen LogP contribution in [0.3, 0.4) is 0 Å². The van der Waals surface area contributed by atoms with E-state index in [4.69, 9.17) is 4.74 Å². The van der Waals surface area contributed by atoms with Crippen LogP contribution in [0, 0.1) is 0 Å². The van der Waals surface area contributed by atoms with Crippen molar-refractivity contribution in [3.05, 3.63) is 81.8 Å². The van der Waals surface area contributed by atoms with E-state index in [9.17, 15) is 5.11 Å². The van der Waals surface area contributed by atoms with Gasteiger partial charge in [0.2, 0.25) is 0 Å². The summed E-state index contributed by atoms with van der Waals surface area (Å²) in [6, 6.07) is 16.6. The molecule has 2 N–H and O–H groups in total. The molecule has 0 radical (unpaired) electrons. The highest BCUT2D eigenvalue weighted by atomic mass is 32.1. The molecule has 0 bridgehead atoms. The van der Waals surface area contributed by atoms with E-state index in [-0.39, 0.29) is 0 Å². The van der Waals surface area contributed by atoms with Crippen LogP contribution in [0.4, 0.5) is 0 Å². The molecule has 0 amide bonds. The summed E-state index contributed by atoms with van der Waals surface area (Å²) in [5.74, 6) is 0.803. The van der Waals surface area contributed by atoms with Crippen LogP contribution in [0.25, 0.3) is 0 Å². The van der Waals surface area contributed by atoms with Crippen LogP contribution in [-0.4, -0.2) is 47.3 Å². The van der Waals surface area contributed by atoms with E-state index in [2.05, 4.69) is 50.9 Å². The fraction of sp³-hybridized carbons (Fsp3) is 0.375. The number of nitrogens with one attached hydrogen (secondary N) is 1. The Kier molecular flexibility index (Phi) is 7.48. The van der Waals surface area contributed by atoms with Gasteiger partial charge in [-0.15, -0.1) is 11.3 Å². The van der Waals surface area contributed by atoms with Crippen LogP contribution in [0.2, 0.25) is 0 Å². The van der Waals surface area contributed by atoms with E-state index in [1.165, 1.54) is 16.7 Å². The van der Waals surface area contributed by atoms with Crippen molar-refractivity contribution in [1.29, 1.82) is 0 Å². The maximum Gasteiger partial charge on any atom is 0.119 e. The minimum absolute atomic E-state index is 0.304. The van der Waals surface area contributed by atoms with Gasteiger partial charge in [-0.1, -0.05) is 36.4 Å². The summed E-state index contributed by atoms with van der Waals surface area (Å²) in [6.07, 6.45) is 1.48. The Bertz CT molecular complexity index is 916. The maximum absolute atomic E-state index is 10.5. The molecule has 1 aliphatic rings. The summed E-state index contributed by atoms with van der Waals surface area (Å²) in [5, 5.41) is 16.0. The number of hydrogen-bond donors (Lipinski definition) is 2. The first-order valence-electron chi connectivity index (χ1n) is 10.5. The average molecular weight is 424 g/mol. The van der Waals surface area contributed by atoms with Gasteiger partial charge < -0.3 is 15.2 Å². The summed E-state index contributed by atoms with van der Waals surface area (Å²) in [5.41, 5.74) is 6.97. The molecule has 0 fully saturated rings. The lowest BCUT2D eigenvalue weighted by Crippen LogP contribution is -2.38. The third-order valence-corrected chi connectivity index (χ3v) is 6.03. The van der Waals surface area contributed by atoms with E-state index >= 15 is 0 Å². The van der Waals surface area contributed by atoms with Gasteiger partial charge in [-0.25, -0.2) is 4.98 Å². The van der Waals surface area contributed by atoms with Gasteiger partial charge in [0.25, 0.3) is 0 Å². The van der Waals surface area contributed by atoms with Gasteiger partial charge in [-0.05, 0) is 35.2 Å². The number of hydrogen-bond acceptors (Lipinski definition) is 6. The molecule has 0 saturated heterocycles. The minimum Gasteiger partial charge on any atom is -0.491 e. The molecule has 0 aliphatic carbocycles. The lowest BCUT2D eigenvalue weighted by Gasteiger charge is -2.30. The van der Waals surface area contributed by atoms with E-state index < -0.39 is 6.10 Å². The maximum atomic E-state index is 10.5. The molecule has 4 rings (SSSR count). The average Bonchev–Trinajstić information content (AvgIpc) is 3.29. The Morgan fingerprint density at radius 2 is 2.07 bits per heavy atom. The fourth-order valence-corrected chi connectivity index (χ4v) is 4.40. The summed E-state index contributed by atoms with van der Waals surface area (Å²) >= 11 is 1.63. The van der Waals surface area contributed by atoms with E-state index in [1.807, 2.05) is 23.7 Å². The summed E-state index contributed by atoms with van der Waals surface area (Å²) in [6.45, 7) is 4.50. The van der Waals surface area contributed by atoms with E-state index in [0.717, 1.165) is 50.5 Å². The normalized spacial score (nSPS) is 15.0. The summed E-state index contributed by atoms with van der Waals surface area (Å²) in [4.78, 5) is 6.60. The third kappa shape index (κ3) is 6.12. The minimum atomic E-state index is -0.504. The molecule has 30 heavy (non-hydrogen) atoms. The fourth-order valence-electron chi connectivity index (χ4n) is 3.81. The number of fused-ring (bicyclic) bond motifs is 1. The number of aliphatic hydroxyl groups excluding tert-OH is 1. The van der Waals surface area contributed by atoms with E-state index in [1.54, 1.807) is 11.3 Å². The zero-order valence-corrected chi connectivity index (χ0v) is 18.0. The predicted octanol–water partition coefficient (Wildman–Crippen LogP) is 3.27. The van der Waals surface area contributed by atoms with Crippen molar-refractivity contribution in [1.82, 2.24) is 15.2 Å². The van der Waals surface area contributed by atoms with Crippen molar-refractivity contribution in [3.8, 4) is 5.75 Å². The van der Waals surface area contributed by atoms with Crippen molar-refractivity contribution < 1.29 is 9.84 Å². The van der Waals surface area contributed by atoms with Crippen molar-refractivity contribution in [2.24, 2.45) is 0 Å². The highest BCUT2D eigenvalue weighted by Gasteiger charge is 2.18. The standard InChI is InChI=1S/C24H29N3O2S/c28-23(15-27-11-9-20-5-1-2-6-21(20)14-27)16-29-24-7-3-4-19(12-24)13-25-10-8-22-17-30-18-26-22/h1-7,12,17-18,23,25,28H,8-11,13-16H2/t23-/m1/s1. The topological polar surface area (TPSA) is 57.6 Å². The van der Waals surface area contributed by atoms with Gasteiger partial charge in [0.05, 0.1) is 11.2 Å². The molecule has 1 aromatic heterocycles. The van der Waals surface area contributed by atoms with Crippen LogP contribution >= 0.6 is 11.3 Å². The Labute approximate surface area is 182 Å². The second-order valence-electron chi connectivity index (χ2n) is 7.77. The van der Waals surface area contributed by atoms with Crippen molar-refractivity contribution in [3.63, 3.8) is 0 Å². The number of benzene rings is 2. The number of β-amino-alcohol motifs (C(OH)–C–C–N with tert-alkyl or cyclic N) is 1. The van der Waals surface area contributed by atoms with Crippen LogP contribution in [0.1, 0.15) is 22.4 Å². The van der Waals surface area contributed by atoms with Gasteiger partial charge in [-0.2, -0.15) is 0 Å². The summed E-state index contributed by atoms with van der Waals surface area (Å²) in [7, 11) is 0. The van der Waals surface area contributed by atoms with Gasteiger partial charge in [0.1, 0.15) is 18.5 Å². The smallest absolute Gasteiger partial charge is 0.119 e. The Hall–Kier alpha value is -2.25. The molecule has 1 aliphatic heterocycles. The lowest BCUT2D eigenvalue weighted by atomic mass is 10.00. The zero-order chi connectivity index (χ0) is 20.6. The molecule has 2 heterocycles. The number of ether oxygens (including phenoxy) is 1. The molecule has 1 atom stereocenters. The lowest BCUT2D eigenvalue weighted by molar-refractivity contribution is 0.0637. The number of aliphatic hydroxyl groups is 1. The van der Waals surface area contributed by atoms with Crippen LogP contribution in [0.15, 0.2) is 59.4 Å². The zero-order valence-electron chi connectivity index (χ0n) is 17.2. The third-order valence-electron chi connectivity index (χ3n) is 5.39. The number of nitrogens with zero attached hydrogens (tertiary/aromatic N) is 2. The molecular weight excluding hydrogens is 394 g/mol. The Balaban J connectivity index is 1.18. The molecular formula is C24H29N3O2S. The predicted molar refractivity (Wildman–Crippen MR) is 121 cm³/mol. The molecule has 2 aromatic carbocycles. The second kappa shape index (κ2) is 10.7. The van der Waals surface area contributed by atoms with Crippen molar-refractivity contribution >= 4 is 11.3 Å². The van der Waals surface area contributed by atoms with Gasteiger partial charge >= 0.3 is 0 Å². The largest absolute Gasteiger partial charge is 0.491 e. The molecule has 6 heteroatoms. The monoisotopic (exact) mass is 423 g/mol. The van der Waals surface area contributed by atoms with Gasteiger partial charge in [-0.3, -0.25) is 4.90 Å². The number of rotatable bonds is 10. The SMILES string of the molecule is O[C@@H](COc1cccc(CNCCc2cscn2)c1)CN1CCc2ccccc2C1. The molecule has 5 nitrogen and oxygen atoms in total. The molecule has 158 valence electrons. The quantitative estimate of drug-likeness (QED) is 0.490. The highest BCUT2D eigenvalue weighted by Crippen LogP contribution is 2.19. The van der Waals surface area contributed by atoms with Crippen molar-refractivity contribution in [2.75, 3.05) is 26.2 Å². The van der Waals surface area contributed by atoms with Gasteiger partial charge in [0, 0.05) is 44.5 Å². The molecule has 0 unspecified atom stereocenters. The highest BCUT2D eigenvalue weighted by molar-refractivity contribution is 7.07. The number of thiazole rings is 1. The van der Waals surface area contributed by atoms with E-state index in [0.29, 0.717) is 13.2 Å². The first-order chi connectivity index (χ1) is 14.8. The molecule has 0 saturated carbocycles. The van der Waals surface area contributed by atoms with Crippen LogP contribution < -0.4 is 10.1 Å². The second-order valence-corrected chi connectivity index (χ2v) is 8.49. The van der Waals surface area contributed by atoms with Crippen LogP contribution in [-0.2, 0) is 25.9 Å². The summed E-state index contributed by atoms with van der Waals surface area (Å²) < 4.78 is 5.87. The van der Waals surface area contributed by atoms with Gasteiger partial charge in [0.15, 0.2) is 0 Å².